The number of hydrogen-bond acceptors (Lipinski definition) is 2. The maximum atomic E-state index is 4.55. The lowest BCUT2D eigenvalue weighted by Crippen LogP contribution is -2.29. The van der Waals surface area contributed by atoms with Gasteiger partial charge >= 0.3 is 0 Å². The van der Waals surface area contributed by atoms with Crippen LogP contribution in [0.1, 0.15) is 24.4 Å². The van der Waals surface area contributed by atoms with E-state index in [1.54, 1.807) is 0 Å². The van der Waals surface area contributed by atoms with Crippen LogP contribution in [0.3, 0.4) is 0 Å². The van der Waals surface area contributed by atoms with E-state index in [4.69, 9.17) is 0 Å². The summed E-state index contributed by atoms with van der Waals surface area (Å²) in [5, 5.41) is 9.20. The molecule has 2 aromatic rings. The molecular formula is C13H17N3. The molecular weight excluding hydrogens is 198 g/mol. The summed E-state index contributed by atoms with van der Waals surface area (Å²) in [6, 6.07) is 7.14. The molecule has 84 valence electrons. The Bertz CT molecular complexity index is 495. The molecule has 1 fully saturated rings. The van der Waals surface area contributed by atoms with Crippen molar-refractivity contribution < 1.29 is 0 Å². The van der Waals surface area contributed by atoms with E-state index in [-0.39, 0.29) is 0 Å². The molecule has 0 spiro atoms. The average molecular weight is 215 g/mol. The van der Waals surface area contributed by atoms with Crippen LogP contribution in [0.25, 0.3) is 10.9 Å². The molecule has 1 aromatic carbocycles. The van der Waals surface area contributed by atoms with Crippen LogP contribution in [-0.4, -0.2) is 22.9 Å². The number of hydrogen-bond donors (Lipinski definition) is 1. The van der Waals surface area contributed by atoms with Gasteiger partial charge in [-0.1, -0.05) is 11.6 Å². The minimum absolute atomic E-state index is 0.571. The Morgan fingerprint density at radius 1 is 1.31 bits per heavy atom. The summed E-state index contributed by atoms with van der Waals surface area (Å²) in [7, 11) is 0. The zero-order valence-electron chi connectivity index (χ0n) is 9.61. The van der Waals surface area contributed by atoms with Crippen LogP contribution in [0.5, 0.6) is 0 Å². The highest BCUT2D eigenvalue weighted by Gasteiger charge is 2.17. The summed E-state index contributed by atoms with van der Waals surface area (Å²) in [5.74, 6) is 0. The molecule has 1 saturated heterocycles. The van der Waals surface area contributed by atoms with Gasteiger partial charge in [0, 0.05) is 5.39 Å². The molecule has 1 aliphatic rings. The van der Waals surface area contributed by atoms with Gasteiger partial charge in [0.1, 0.15) is 0 Å². The van der Waals surface area contributed by atoms with Gasteiger partial charge in [-0.15, -0.1) is 0 Å². The van der Waals surface area contributed by atoms with Gasteiger partial charge in [-0.3, -0.25) is 4.68 Å². The summed E-state index contributed by atoms with van der Waals surface area (Å²) in [4.78, 5) is 0. The van der Waals surface area contributed by atoms with E-state index < -0.39 is 0 Å². The Kier molecular flexibility index (Phi) is 2.40. The first kappa shape index (κ1) is 9.85. The second-order valence-corrected chi connectivity index (χ2v) is 4.63. The van der Waals surface area contributed by atoms with Crippen molar-refractivity contribution in [2.24, 2.45) is 0 Å². The second-order valence-electron chi connectivity index (χ2n) is 4.63. The lowest BCUT2D eigenvalue weighted by atomic mass is 10.1. The van der Waals surface area contributed by atoms with E-state index in [1.807, 2.05) is 6.20 Å². The molecule has 0 amide bonds. The largest absolute Gasteiger partial charge is 0.317 e. The molecule has 0 unspecified atom stereocenters. The predicted octanol–water partition coefficient (Wildman–Crippen LogP) is 2.27. The lowest BCUT2D eigenvalue weighted by molar-refractivity contribution is 0.351. The number of aryl methyl sites for hydroxylation is 1. The SMILES string of the molecule is Cc1ccc2c(cnn2C2CCNCC2)c1. The third kappa shape index (κ3) is 1.61. The number of nitrogens with zero attached hydrogens (tertiary/aromatic N) is 2. The van der Waals surface area contributed by atoms with Gasteiger partial charge in [-0.2, -0.15) is 5.10 Å². The van der Waals surface area contributed by atoms with Gasteiger partial charge in [0.15, 0.2) is 0 Å². The Morgan fingerprint density at radius 3 is 2.94 bits per heavy atom. The number of benzene rings is 1. The van der Waals surface area contributed by atoms with E-state index in [0.29, 0.717) is 6.04 Å². The minimum Gasteiger partial charge on any atom is -0.317 e. The van der Waals surface area contributed by atoms with Crippen molar-refractivity contribution in [3.05, 3.63) is 30.0 Å². The fourth-order valence-corrected chi connectivity index (χ4v) is 2.51. The van der Waals surface area contributed by atoms with E-state index in [1.165, 1.54) is 29.3 Å². The van der Waals surface area contributed by atoms with Crippen LogP contribution in [0.4, 0.5) is 0 Å². The van der Waals surface area contributed by atoms with Crippen LogP contribution >= 0.6 is 0 Å². The molecule has 1 aromatic heterocycles. The molecule has 1 N–H and O–H groups in total. The van der Waals surface area contributed by atoms with Crippen molar-refractivity contribution in [1.29, 1.82) is 0 Å². The molecule has 1 aliphatic heterocycles. The van der Waals surface area contributed by atoms with Crippen molar-refractivity contribution in [3.8, 4) is 0 Å². The van der Waals surface area contributed by atoms with Crippen LogP contribution in [0, 0.1) is 6.92 Å². The van der Waals surface area contributed by atoms with Crippen molar-refractivity contribution in [1.82, 2.24) is 15.1 Å². The Balaban J connectivity index is 2.03. The van der Waals surface area contributed by atoms with Crippen molar-refractivity contribution >= 4 is 10.9 Å². The molecule has 0 atom stereocenters. The first-order valence-electron chi connectivity index (χ1n) is 5.99. The summed E-state index contributed by atoms with van der Waals surface area (Å²) >= 11 is 0. The Hall–Kier alpha value is -1.35. The quantitative estimate of drug-likeness (QED) is 0.791. The van der Waals surface area contributed by atoms with E-state index in [9.17, 15) is 0 Å². The summed E-state index contributed by atoms with van der Waals surface area (Å²) in [6.45, 7) is 4.34. The van der Waals surface area contributed by atoms with Crippen molar-refractivity contribution in [2.45, 2.75) is 25.8 Å². The first-order valence-corrected chi connectivity index (χ1v) is 5.99. The molecule has 0 radical (unpaired) electrons. The Morgan fingerprint density at radius 2 is 2.12 bits per heavy atom. The van der Waals surface area contributed by atoms with Crippen LogP contribution in [-0.2, 0) is 0 Å². The minimum atomic E-state index is 0.571. The molecule has 0 aliphatic carbocycles. The first-order chi connectivity index (χ1) is 7.84. The van der Waals surface area contributed by atoms with Crippen molar-refractivity contribution in [3.63, 3.8) is 0 Å². The molecule has 3 heteroatoms. The summed E-state index contributed by atoms with van der Waals surface area (Å²) in [6.07, 6.45) is 4.36. The lowest BCUT2D eigenvalue weighted by Gasteiger charge is -2.23. The second kappa shape index (κ2) is 3.91. The summed E-state index contributed by atoms with van der Waals surface area (Å²) < 4.78 is 2.20. The predicted molar refractivity (Wildman–Crippen MR) is 65.6 cm³/mol. The molecule has 2 heterocycles. The topological polar surface area (TPSA) is 29.9 Å². The number of rotatable bonds is 1. The monoisotopic (exact) mass is 215 g/mol. The average Bonchev–Trinajstić information content (AvgIpc) is 2.73. The van der Waals surface area contributed by atoms with Gasteiger partial charge in [-0.05, 0) is 45.0 Å². The maximum Gasteiger partial charge on any atom is 0.0685 e. The van der Waals surface area contributed by atoms with Crippen LogP contribution < -0.4 is 5.32 Å². The smallest absolute Gasteiger partial charge is 0.0685 e. The number of fused-ring (bicyclic) bond motifs is 1. The van der Waals surface area contributed by atoms with Gasteiger partial charge in [-0.25, -0.2) is 0 Å². The number of aromatic nitrogens is 2. The van der Waals surface area contributed by atoms with E-state index in [2.05, 4.69) is 40.2 Å². The van der Waals surface area contributed by atoms with E-state index >= 15 is 0 Å². The zero-order chi connectivity index (χ0) is 11.0. The standard InChI is InChI=1S/C13H17N3/c1-10-2-3-13-11(8-10)9-15-16(13)12-4-6-14-7-5-12/h2-3,8-9,12,14H,4-7H2,1H3. The highest BCUT2D eigenvalue weighted by Crippen LogP contribution is 2.24. The highest BCUT2D eigenvalue weighted by atomic mass is 15.3. The van der Waals surface area contributed by atoms with Gasteiger partial charge in [0.2, 0.25) is 0 Å². The molecule has 3 nitrogen and oxygen atoms in total. The third-order valence-electron chi connectivity index (χ3n) is 3.41. The normalized spacial score (nSPS) is 18.1. The van der Waals surface area contributed by atoms with Crippen LogP contribution in [0.2, 0.25) is 0 Å². The fourth-order valence-electron chi connectivity index (χ4n) is 2.51. The fraction of sp³-hybridized carbons (Fsp3) is 0.462. The van der Waals surface area contributed by atoms with Gasteiger partial charge in [0.25, 0.3) is 0 Å². The molecule has 3 rings (SSSR count). The zero-order valence-corrected chi connectivity index (χ0v) is 9.61. The van der Waals surface area contributed by atoms with E-state index in [0.717, 1.165) is 13.1 Å². The Labute approximate surface area is 95.5 Å². The highest BCUT2D eigenvalue weighted by molar-refractivity contribution is 5.79. The maximum absolute atomic E-state index is 4.55. The summed E-state index contributed by atoms with van der Waals surface area (Å²) in [5.41, 5.74) is 2.58. The van der Waals surface area contributed by atoms with Crippen LogP contribution in [0.15, 0.2) is 24.4 Å². The molecule has 0 saturated carbocycles. The van der Waals surface area contributed by atoms with Crippen molar-refractivity contribution in [2.75, 3.05) is 13.1 Å². The van der Waals surface area contributed by atoms with Gasteiger partial charge < -0.3 is 5.32 Å². The third-order valence-corrected chi connectivity index (χ3v) is 3.41. The molecule has 0 bridgehead atoms. The van der Waals surface area contributed by atoms with Gasteiger partial charge in [0.05, 0.1) is 17.8 Å². The number of piperidine rings is 1. The number of nitrogens with one attached hydrogen (secondary N) is 1. The molecule has 16 heavy (non-hydrogen) atoms.